The summed E-state index contributed by atoms with van der Waals surface area (Å²) < 4.78 is 22.8. The Labute approximate surface area is 249 Å². The van der Waals surface area contributed by atoms with Crippen molar-refractivity contribution in [3.63, 3.8) is 0 Å². The van der Waals surface area contributed by atoms with Crippen molar-refractivity contribution in [2.75, 3.05) is 38.8 Å². The predicted octanol–water partition coefficient (Wildman–Crippen LogP) is 7.39. The predicted molar refractivity (Wildman–Crippen MR) is 169 cm³/mol. The normalized spacial score (nSPS) is 16.6. The van der Waals surface area contributed by atoms with Crippen LogP contribution < -0.4 is 9.64 Å². The van der Waals surface area contributed by atoms with E-state index in [1.165, 1.54) is 44.7 Å². The van der Waals surface area contributed by atoms with E-state index in [1.54, 1.807) is 14.2 Å². The Kier molecular flexibility index (Phi) is 9.00. The quantitative estimate of drug-likeness (QED) is 0.179. The zero-order valence-electron chi connectivity index (χ0n) is 24.5. The maximum atomic E-state index is 6.19. The highest BCUT2D eigenvalue weighted by Gasteiger charge is 2.26. The van der Waals surface area contributed by atoms with Crippen molar-refractivity contribution in [1.82, 2.24) is 0 Å². The molecule has 0 bridgehead atoms. The van der Waals surface area contributed by atoms with Crippen LogP contribution in [-0.4, -0.2) is 46.3 Å². The lowest BCUT2D eigenvalue weighted by Gasteiger charge is -2.26. The van der Waals surface area contributed by atoms with Crippen LogP contribution in [0.1, 0.15) is 40.7 Å². The Morgan fingerprint density at radius 2 is 1.52 bits per heavy atom. The van der Waals surface area contributed by atoms with E-state index in [9.17, 15) is 0 Å². The number of allylic oxidation sites excluding steroid dienone is 1. The average Bonchev–Trinajstić information content (AvgIpc) is 3.54. The van der Waals surface area contributed by atoms with Gasteiger partial charge in [0.25, 0.3) is 0 Å². The van der Waals surface area contributed by atoms with Crippen molar-refractivity contribution < 1.29 is 18.9 Å². The van der Waals surface area contributed by atoms with Gasteiger partial charge in [0.05, 0.1) is 12.7 Å². The molecule has 0 spiro atoms. The van der Waals surface area contributed by atoms with Crippen molar-refractivity contribution >= 4 is 16.8 Å². The van der Waals surface area contributed by atoms with Gasteiger partial charge in [-0.15, -0.1) is 0 Å². The van der Waals surface area contributed by atoms with Crippen LogP contribution >= 0.6 is 0 Å². The fraction of sp³-hybridized carbons (Fsp3) is 0.297. The number of anilines is 1. The van der Waals surface area contributed by atoms with E-state index in [2.05, 4.69) is 102 Å². The average molecular weight is 562 g/mol. The van der Waals surface area contributed by atoms with Crippen LogP contribution in [0.5, 0.6) is 5.75 Å². The van der Waals surface area contributed by atoms with Gasteiger partial charge in [-0.25, -0.2) is 0 Å². The molecule has 2 aliphatic rings. The molecule has 1 heterocycles. The molecule has 1 atom stereocenters. The van der Waals surface area contributed by atoms with E-state index in [-0.39, 0.29) is 12.4 Å². The number of aryl methyl sites for hydroxylation is 1. The molecule has 4 aromatic carbocycles. The standard InChI is InChI=1S/C37H39NO4/c1-39-36(40-2)26-42-33-21-22-38(24-33)31-16-13-29(14-17-31)37-34(28-11-7-4-8-12-28)19-15-30-23-32(18-20-35(30)37)41-25-27-9-5-3-6-10-27/h3-14,16-18,20,23,33,36H,15,19,21-22,24-26H2,1-2H3/t33-/m0/s1. The van der Waals surface area contributed by atoms with E-state index < -0.39 is 0 Å². The third kappa shape index (κ3) is 6.44. The second-order valence-corrected chi connectivity index (χ2v) is 11.0. The van der Waals surface area contributed by atoms with Crippen molar-refractivity contribution in [1.29, 1.82) is 0 Å². The highest BCUT2D eigenvalue weighted by molar-refractivity contribution is 6.01. The van der Waals surface area contributed by atoms with Gasteiger partial charge in [0.2, 0.25) is 0 Å². The van der Waals surface area contributed by atoms with Crippen molar-refractivity contribution in [2.24, 2.45) is 0 Å². The van der Waals surface area contributed by atoms with Crippen LogP contribution in [0.3, 0.4) is 0 Å². The van der Waals surface area contributed by atoms with Crippen LogP contribution in [-0.2, 0) is 27.2 Å². The number of methoxy groups -OCH3 is 2. The Morgan fingerprint density at radius 1 is 0.786 bits per heavy atom. The first-order chi connectivity index (χ1) is 20.7. The molecule has 42 heavy (non-hydrogen) atoms. The molecule has 0 radical (unpaired) electrons. The molecule has 0 N–H and O–H groups in total. The second kappa shape index (κ2) is 13.4. The number of hydrogen-bond donors (Lipinski definition) is 0. The summed E-state index contributed by atoms with van der Waals surface area (Å²) in [6, 6.07) is 36.8. The van der Waals surface area contributed by atoms with E-state index in [4.69, 9.17) is 18.9 Å². The number of nitrogens with zero attached hydrogens (tertiary/aromatic N) is 1. The van der Waals surface area contributed by atoms with Gasteiger partial charge in [-0.2, -0.15) is 0 Å². The van der Waals surface area contributed by atoms with Crippen molar-refractivity contribution in [2.45, 2.75) is 38.3 Å². The third-order valence-electron chi connectivity index (χ3n) is 8.32. The van der Waals surface area contributed by atoms with Crippen LogP contribution in [0, 0.1) is 0 Å². The fourth-order valence-corrected chi connectivity index (χ4v) is 6.04. The van der Waals surface area contributed by atoms with Gasteiger partial charge in [-0.05, 0) is 82.5 Å². The highest BCUT2D eigenvalue weighted by atomic mass is 16.7. The van der Waals surface area contributed by atoms with E-state index in [1.807, 2.05) is 6.07 Å². The molecule has 1 fully saturated rings. The van der Waals surface area contributed by atoms with Gasteiger partial charge in [-0.3, -0.25) is 0 Å². The lowest BCUT2D eigenvalue weighted by Crippen LogP contribution is -2.27. The Morgan fingerprint density at radius 3 is 2.26 bits per heavy atom. The molecule has 1 aliphatic heterocycles. The maximum Gasteiger partial charge on any atom is 0.180 e. The van der Waals surface area contributed by atoms with Gasteiger partial charge < -0.3 is 23.8 Å². The smallest absolute Gasteiger partial charge is 0.180 e. The molecule has 0 saturated carbocycles. The van der Waals surface area contributed by atoms with Gasteiger partial charge in [0, 0.05) is 33.0 Å². The molecule has 1 aliphatic carbocycles. The van der Waals surface area contributed by atoms with Crippen LogP contribution in [0.25, 0.3) is 11.1 Å². The van der Waals surface area contributed by atoms with Crippen molar-refractivity contribution in [3.8, 4) is 5.75 Å². The summed E-state index contributed by atoms with van der Waals surface area (Å²) in [4.78, 5) is 2.40. The Hall–Kier alpha value is -3.90. The minimum atomic E-state index is -0.324. The number of rotatable bonds is 11. The number of benzene rings is 4. The monoisotopic (exact) mass is 561 g/mol. The summed E-state index contributed by atoms with van der Waals surface area (Å²) in [6.45, 7) is 2.85. The van der Waals surface area contributed by atoms with Gasteiger partial charge in [0.1, 0.15) is 12.4 Å². The summed E-state index contributed by atoms with van der Waals surface area (Å²) in [6.07, 6.45) is 2.83. The second-order valence-electron chi connectivity index (χ2n) is 11.0. The molecule has 5 nitrogen and oxygen atoms in total. The molecule has 6 rings (SSSR count). The summed E-state index contributed by atoms with van der Waals surface area (Å²) in [5, 5.41) is 0. The topological polar surface area (TPSA) is 40.2 Å². The van der Waals surface area contributed by atoms with Crippen LogP contribution in [0.2, 0.25) is 0 Å². The van der Waals surface area contributed by atoms with E-state index in [0.717, 1.165) is 38.1 Å². The SMILES string of the molecule is COC(CO[C@H]1CCN(c2ccc(C3=C(c4ccccc4)CCc4cc(OCc5ccccc5)ccc43)cc2)C1)OC. The maximum absolute atomic E-state index is 6.19. The van der Waals surface area contributed by atoms with E-state index in [0.29, 0.717) is 13.2 Å². The zero-order valence-corrected chi connectivity index (χ0v) is 24.5. The number of ether oxygens (including phenoxy) is 4. The third-order valence-corrected chi connectivity index (χ3v) is 8.32. The van der Waals surface area contributed by atoms with Gasteiger partial charge in [0.15, 0.2) is 6.29 Å². The molecule has 1 saturated heterocycles. The van der Waals surface area contributed by atoms with Crippen molar-refractivity contribution in [3.05, 3.63) is 131 Å². The van der Waals surface area contributed by atoms with Gasteiger partial charge in [-0.1, -0.05) is 78.9 Å². The minimum Gasteiger partial charge on any atom is -0.489 e. The number of fused-ring (bicyclic) bond motifs is 1. The minimum absolute atomic E-state index is 0.174. The summed E-state index contributed by atoms with van der Waals surface area (Å²) in [7, 11) is 3.28. The summed E-state index contributed by atoms with van der Waals surface area (Å²) in [5.41, 5.74) is 10.3. The molecule has 0 amide bonds. The van der Waals surface area contributed by atoms with E-state index >= 15 is 0 Å². The Bertz CT molecular complexity index is 1480. The van der Waals surface area contributed by atoms with Gasteiger partial charge >= 0.3 is 0 Å². The molecule has 5 heteroatoms. The summed E-state index contributed by atoms with van der Waals surface area (Å²) in [5.74, 6) is 0.920. The first kappa shape index (κ1) is 28.2. The van der Waals surface area contributed by atoms with Crippen LogP contribution in [0.4, 0.5) is 5.69 Å². The lowest BCUT2D eigenvalue weighted by atomic mass is 9.79. The molecule has 0 aromatic heterocycles. The first-order valence-corrected chi connectivity index (χ1v) is 14.8. The molecule has 4 aromatic rings. The molecule has 0 unspecified atom stereocenters. The lowest BCUT2D eigenvalue weighted by molar-refractivity contribution is -0.149. The molecule has 216 valence electrons. The number of hydrogen-bond acceptors (Lipinski definition) is 5. The Balaban J connectivity index is 1.24. The zero-order chi connectivity index (χ0) is 28.7. The largest absolute Gasteiger partial charge is 0.489 e. The summed E-state index contributed by atoms with van der Waals surface area (Å²) >= 11 is 0. The molecular formula is C37H39NO4. The highest BCUT2D eigenvalue weighted by Crippen LogP contribution is 2.42. The fourth-order valence-electron chi connectivity index (χ4n) is 6.04. The molecular weight excluding hydrogens is 522 g/mol. The van der Waals surface area contributed by atoms with Crippen LogP contribution in [0.15, 0.2) is 103 Å². The first-order valence-electron chi connectivity index (χ1n) is 14.8.